The van der Waals surface area contributed by atoms with Gasteiger partial charge in [-0.3, -0.25) is 4.90 Å². The van der Waals surface area contributed by atoms with Gasteiger partial charge in [0.25, 0.3) is 0 Å². The Hall–Kier alpha value is -0.790. The van der Waals surface area contributed by atoms with Gasteiger partial charge in [-0.1, -0.05) is 6.42 Å². The number of hydrogen-bond donors (Lipinski definition) is 0. The van der Waals surface area contributed by atoms with Crippen molar-refractivity contribution >= 4 is 27.3 Å². The maximum absolute atomic E-state index is 4.64. The zero-order valence-electron chi connectivity index (χ0n) is 13.5. The summed E-state index contributed by atoms with van der Waals surface area (Å²) in [5, 5.41) is 10.3. The fourth-order valence-corrected chi connectivity index (χ4v) is 5.16. The quantitative estimate of drug-likeness (QED) is 0.790. The van der Waals surface area contributed by atoms with Crippen LogP contribution >= 0.6 is 27.3 Å². The SMILES string of the molecule is Cc1sc(CN2CCCC2c2nnc3n2CCCCC3)nc1Br. The van der Waals surface area contributed by atoms with Crippen LogP contribution in [0.3, 0.4) is 0 Å². The first-order valence-corrected chi connectivity index (χ1v) is 10.1. The van der Waals surface area contributed by atoms with Crippen LogP contribution in [0.5, 0.6) is 0 Å². The van der Waals surface area contributed by atoms with Gasteiger partial charge in [0.05, 0.1) is 12.6 Å². The van der Waals surface area contributed by atoms with E-state index in [2.05, 4.69) is 47.5 Å². The molecule has 2 aromatic rings. The Balaban J connectivity index is 1.57. The summed E-state index contributed by atoms with van der Waals surface area (Å²) in [5.41, 5.74) is 0. The van der Waals surface area contributed by atoms with Gasteiger partial charge in [-0.05, 0) is 55.1 Å². The summed E-state index contributed by atoms with van der Waals surface area (Å²) < 4.78 is 3.39. The topological polar surface area (TPSA) is 46.8 Å². The molecule has 23 heavy (non-hydrogen) atoms. The van der Waals surface area contributed by atoms with Crippen molar-refractivity contribution in [1.82, 2.24) is 24.6 Å². The number of fused-ring (bicyclic) bond motifs is 1. The minimum atomic E-state index is 0.400. The normalized spacial score (nSPS) is 22.3. The first kappa shape index (κ1) is 15.7. The van der Waals surface area contributed by atoms with E-state index in [1.807, 2.05) is 0 Å². The Morgan fingerprint density at radius 1 is 1.17 bits per heavy atom. The average molecular weight is 396 g/mol. The first-order chi connectivity index (χ1) is 11.2. The van der Waals surface area contributed by atoms with Crippen LogP contribution in [0.1, 0.15) is 59.7 Å². The van der Waals surface area contributed by atoms with Crippen LogP contribution in [0.4, 0.5) is 0 Å². The summed E-state index contributed by atoms with van der Waals surface area (Å²) in [5.74, 6) is 2.38. The smallest absolute Gasteiger partial charge is 0.150 e. The van der Waals surface area contributed by atoms with Crippen molar-refractivity contribution in [3.8, 4) is 0 Å². The molecule has 4 heterocycles. The van der Waals surface area contributed by atoms with Crippen LogP contribution in [0.25, 0.3) is 0 Å². The third-order valence-corrected chi connectivity index (χ3v) is 6.91. The lowest BCUT2D eigenvalue weighted by Gasteiger charge is -2.23. The molecule has 0 radical (unpaired) electrons. The number of aromatic nitrogens is 4. The van der Waals surface area contributed by atoms with Crippen LogP contribution in [0, 0.1) is 6.92 Å². The van der Waals surface area contributed by atoms with E-state index in [1.54, 1.807) is 11.3 Å². The Kier molecular flexibility index (Phi) is 4.52. The molecule has 7 heteroatoms. The minimum absolute atomic E-state index is 0.400. The van der Waals surface area contributed by atoms with Crippen LogP contribution in [-0.4, -0.2) is 31.2 Å². The zero-order chi connectivity index (χ0) is 15.8. The number of nitrogens with zero attached hydrogens (tertiary/aromatic N) is 5. The van der Waals surface area contributed by atoms with Crippen molar-refractivity contribution in [2.45, 2.75) is 64.6 Å². The third-order valence-electron chi connectivity index (χ3n) is 4.92. The molecule has 0 aliphatic carbocycles. The number of likely N-dealkylation sites (tertiary alicyclic amines) is 1. The lowest BCUT2D eigenvalue weighted by molar-refractivity contribution is 0.233. The molecular formula is C16H22BrN5S. The van der Waals surface area contributed by atoms with Crippen molar-refractivity contribution in [2.24, 2.45) is 0 Å². The fourth-order valence-electron chi connectivity index (χ4n) is 3.73. The van der Waals surface area contributed by atoms with Crippen LogP contribution in [0.15, 0.2) is 4.60 Å². The highest BCUT2D eigenvalue weighted by Gasteiger charge is 2.32. The summed E-state index contributed by atoms with van der Waals surface area (Å²) in [4.78, 5) is 8.43. The van der Waals surface area contributed by atoms with E-state index in [9.17, 15) is 0 Å². The fraction of sp³-hybridized carbons (Fsp3) is 0.688. The number of hydrogen-bond acceptors (Lipinski definition) is 5. The molecule has 1 saturated heterocycles. The molecule has 2 aliphatic heterocycles. The molecule has 0 spiro atoms. The van der Waals surface area contributed by atoms with E-state index in [0.717, 1.165) is 30.7 Å². The highest BCUT2D eigenvalue weighted by atomic mass is 79.9. The number of thiazole rings is 1. The molecule has 1 unspecified atom stereocenters. The van der Waals surface area contributed by atoms with Gasteiger partial charge in [0.2, 0.25) is 0 Å². The van der Waals surface area contributed by atoms with E-state index < -0.39 is 0 Å². The summed E-state index contributed by atoms with van der Waals surface area (Å²) in [6.07, 6.45) is 7.31. The maximum Gasteiger partial charge on any atom is 0.150 e. The van der Waals surface area contributed by atoms with Gasteiger partial charge in [-0.15, -0.1) is 21.5 Å². The van der Waals surface area contributed by atoms with Crippen molar-refractivity contribution in [3.63, 3.8) is 0 Å². The zero-order valence-corrected chi connectivity index (χ0v) is 15.9. The van der Waals surface area contributed by atoms with E-state index in [4.69, 9.17) is 0 Å². The summed E-state index contributed by atoms with van der Waals surface area (Å²) in [6, 6.07) is 0.400. The molecule has 1 fully saturated rings. The average Bonchev–Trinajstić information content (AvgIpc) is 3.16. The van der Waals surface area contributed by atoms with Crippen molar-refractivity contribution in [1.29, 1.82) is 0 Å². The Morgan fingerprint density at radius 2 is 2.09 bits per heavy atom. The largest absolute Gasteiger partial charge is 0.314 e. The highest BCUT2D eigenvalue weighted by Crippen LogP contribution is 2.34. The molecule has 2 aromatic heterocycles. The predicted molar refractivity (Wildman–Crippen MR) is 94.5 cm³/mol. The number of aryl methyl sites for hydroxylation is 2. The van der Waals surface area contributed by atoms with Gasteiger partial charge >= 0.3 is 0 Å². The van der Waals surface area contributed by atoms with Gasteiger partial charge in [-0.25, -0.2) is 4.98 Å². The number of rotatable bonds is 3. The van der Waals surface area contributed by atoms with Crippen molar-refractivity contribution in [2.75, 3.05) is 6.54 Å². The summed E-state index contributed by atoms with van der Waals surface area (Å²) in [6.45, 7) is 5.25. The van der Waals surface area contributed by atoms with E-state index >= 15 is 0 Å². The second kappa shape index (κ2) is 6.61. The van der Waals surface area contributed by atoms with Gasteiger partial charge < -0.3 is 4.57 Å². The first-order valence-electron chi connectivity index (χ1n) is 8.50. The molecule has 0 saturated carbocycles. The summed E-state index contributed by atoms with van der Waals surface area (Å²) >= 11 is 5.32. The molecule has 124 valence electrons. The monoisotopic (exact) mass is 395 g/mol. The second-order valence-electron chi connectivity index (χ2n) is 6.52. The Labute approximate surface area is 149 Å². The Morgan fingerprint density at radius 3 is 2.91 bits per heavy atom. The lowest BCUT2D eigenvalue weighted by Crippen LogP contribution is -2.25. The molecular weight excluding hydrogens is 374 g/mol. The van der Waals surface area contributed by atoms with Crippen molar-refractivity contribution in [3.05, 3.63) is 26.1 Å². The predicted octanol–water partition coefficient (Wildman–Crippen LogP) is 3.87. The van der Waals surface area contributed by atoms with E-state index in [1.165, 1.54) is 53.6 Å². The maximum atomic E-state index is 4.64. The van der Waals surface area contributed by atoms with Gasteiger partial charge in [0.15, 0.2) is 0 Å². The molecule has 0 N–H and O–H groups in total. The molecule has 2 aliphatic rings. The molecule has 4 rings (SSSR count). The molecule has 0 amide bonds. The van der Waals surface area contributed by atoms with Gasteiger partial charge in [-0.2, -0.15) is 0 Å². The van der Waals surface area contributed by atoms with Gasteiger partial charge in [0, 0.05) is 17.8 Å². The van der Waals surface area contributed by atoms with Crippen LogP contribution < -0.4 is 0 Å². The minimum Gasteiger partial charge on any atom is -0.314 e. The molecule has 0 aromatic carbocycles. The van der Waals surface area contributed by atoms with Gasteiger partial charge in [0.1, 0.15) is 21.3 Å². The molecule has 0 bridgehead atoms. The summed E-state index contributed by atoms with van der Waals surface area (Å²) in [7, 11) is 0. The highest BCUT2D eigenvalue weighted by molar-refractivity contribution is 9.10. The van der Waals surface area contributed by atoms with Crippen LogP contribution in [0.2, 0.25) is 0 Å². The molecule has 1 atom stereocenters. The second-order valence-corrected chi connectivity index (χ2v) is 8.56. The number of halogens is 1. The standard InChI is InChI=1S/C16H22BrN5S/c1-11-15(17)18-14(23-11)10-21-8-5-6-12(21)16-20-19-13-7-3-2-4-9-22(13)16/h12H,2-10H2,1H3. The van der Waals surface area contributed by atoms with Crippen molar-refractivity contribution < 1.29 is 0 Å². The lowest BCUT2D eigenvalue weighted by atomic mass is 10.2. The van der Waals surface area contributed by atoms with Crippen LogP contribution in [-0.2, 0) is 19.5 Å². The van der Waals surface area contributed by atoms with E-state index in [-0.39, 0.29) is 0 Å². The Bertz CT molecular complexity index is 675. The van der Waals surface area contributed by atoms with E-state index in [0.29, 0.717) is 6.04 Å². The third kappa shape index (κ3) is 3.10. The molecule has 5 nitrogen and oxygen atoms in total.